The molecule has 1 unspecified atom stereocenters. The van der Waals surface area contributed by atoms with Gasteiger partial charge in [0, 0.05) is 24.7 Å². The van der Waals surface area contributed by atoms with Gasteiger partial charge in [-0.3, -0.25) is 9.48 Å². The second kappa shape index (κ2) is 4.24. The van der Waals surface area contributed by atoms with Crippen molar-refractivity contribution < 1.29 is 4.79 Å². The predicted octanol–water partition coefficient (Wildman–Crippen LogP) is 2.24. The van der Waals surface area contributed by atoms with E-state index in [2.05, 4.69) is 23.5 Å². The summed E-state index contributed by atoms with van der Waals surface area (Å²) in [7, 11) is 1.83. The summed E-state index contributed by atoms with van der Waals surface area (Å²) in [5.74, 6) is 0.0763. The number of hydrogen-bond donors (Lipinski definition) is 0. The Balaban J connectivity index is 1.88. The molecule has 0 fully saturated rings. The average Bonchev–Trinajstić information content (AvgIpc) is 2.97. The summed E-state index contributed by atoms with van der Waals surface area (Å²) < 4.78 is 1.66. The molecular weight excluding hydrogens is 246 g/mol. The minimum absolute atomic E-state index is 0.0763. The Morgan fingerprint density at radius 3 is 3.11 bits per heavy atom. The highest BCUT2D eigenvalue weighted by atomic mass is 32.1. The molecule has 0 spiro atoms. The highest BCUT2D eigenvalue weighted by molar-refractivity contribution is 7.10. The third-order valence-corrected chi connectivity index (χ3v) is 4.49. The molecule has 1 aliphatic rings. The fourth-order valence-corrected chi connectivity index (χ4v) is 3.45. The molecule has 1 atom stereocenters. The molecule has 0 aromatic carbocycles. The standard InChI is InChI=1S/C13H15N3OS/c1-9-11-4-6-18-12(11)3-5-16(9)13(17)10-7-14-15(2)8-10/h4,6-9H,3,5H2,1-2H3. The van der Waals surface area contributed by atoms with Gasteiger partial charge >= 0.3 is 0 Å². The van der Waals surface area contributed by atoms with Gasteiger partial charge in [0.15, 0.2) is 0 Å². The van der Waals surface area contributed by atoms with E-state index in [1.807, 2.05) is 11.9 Å². The molecule has 0 bridgehead atoms. The monoisotopic (exact) mass is 261 g/mol. The first-order valence-corrected chi connectivity index (χ1v) is 6.90. The molecule has 3 heterocycles. The average molecular weight is 261 g/mol. The molecule has 5 heteroatoms. The molecular formula is C13H15N3OS. The number of carbonyl (C=O) groups excluding carboxylic acids is 1. The number of rotatable bonds is 1. The highest BCUT2D eigenvalue weighted by Gasteiger charge is 2.29. The third kappa shape index (κ3) is 1.75. The first-order chi connectivity index (χ1) is 8.66. The second-order valence-corrected chi connectivity index (χ2v) is 5.63. The molecule has 0 N–H and O–H groups in total. The fraction of sp³-hybridized carbons (Fsp3) is 0.385. The summed E-state index contributed by atoms with van der Waals surface area (Å²) >= 11 is 1.79. The van der Waals surface area contributed by atoms with E-state index < -0.39 is 0 Å². The van der Waals surface area contributed by atoms with Gasteiger partial charge in [0.05, 0.1) is 17.8 Å². The van der Waals surface area contributed by atoms with Crippen LogP contribution in [-0.2, 0) is 13.5 Å². The third-order valence-electron chi connectivity index (χ3n) is 3.49. The van der Waals surface area contributed by atoms with Crippen LogP contribution >= 0.6 is 11.3 Å². The Hall–Kier alpha value is -1.62. The Morgan fingerprint density at radius 1 is 1.56 bits per heavy atom. The Morgan fingerprint density at radius 2 is 2.39 bits per heavy atom. The Kier molecular flexibility index (Phi) is 2.70. The maximum Gasteiger partial charge on any atom is 0.257 e. The number of aryl methyl sites for hydroxylation is 1. The molecule has 2 aromatic heterocycles. The van der Waals surface area contributed by atoms with E-state index in [1.54, 1.807) is 28.4 Å². The smallest absolute Gasteiger partial charge is 0.257 e. The summed E-state index contributed by atoms with van der Waals surface area (Å²) in [5.41, 5.74) is 1.96. The van der Waals surface area contributed by atoms with E-state index in [9.17, 15) is 4.79 Å². The van der Waals surface area contributed by atoms with Gasteiger partial charge in [-0.2, -0.15) is 5.10 Å². The van der Waals surface area contributed by atoms with Crippen molar-refractivity contribution in [2.24, 2.45) is 7.05 Å². The predicted molar refractivity (Wildman–Crippen MR) is 70.7 cm³/mol. The van der Waals surface area contributed by atoms with Gasteiger partial charge in [0.25, 0.3) is 5.91 Å². The molecule has 1 aliphatic heterocycles. The number of nitrogens with zero attached hydrogens (tertiary/aromatic N) is 3. The zero-order valence-electron chi connectivity index (χ0n) is 10.5. The zero-order chi connectivity index (χ0) is 12.7. The minimum Gasteiger partial charge on any atom is -0.331 e. The van der Waals surface area contributed by atoms with E-state index in [4.69, 9.17) is 0 Å². The molecule has 0 saturated carbocycles. The van der Waals surface area contributed by atoms with Gasteiger partial charge in [-0.25, -0.2) is 0 Å². The molecule has 0 radical (unpaired) electrons. The second-order valence-electron chi connectivity index (χ2n) is 4.63. The summed E-state index contributed by atoms with van der Waals surface area (Å²) in [6, 6.07) is 2.29. The van der Waals surface area contributed by atoms with Crippen molar-refractivity contribution in [1.82, 2.24) is 14.7 Å². The van der Waals surface area contributed by atoms with Crippen molar-refractivity contribution in [2.45, 2.75) is 19.4 Å². The van der Waals surface area contributed by atoms with Crippen LogP contribution in [0.4, 0.5) is 0 Å². The van der Waals surface area contributed by atoms with Crippen LogP contribution in [0.15, 0.2) is 23.8 Å². The van der Waals surface area contributed by atoms with Gasteiger partial charge in [0.1, 0.15) is 0 Å². The number of hydrogen-bond acceptors (Lipinski definition) is 3. The number of thiophene rings is 1. The van der Waals surface area contributed by atoms with Crippen LogP contribution in [0.3, 0.4) is 0 Å². The maximum absolute atomic E-state index is 12.4. The van der Waals surface area contributed by atoms with Crippen molar-refractivity contribution in [1.29, 1.82) is 0 Å². The molecule has 0 saturated heterocycles. The Bertz CT molecular complexity index is 587. The summed E-state index contributed by atoms with van der Waals surface area (Å²) in [6.07, 6.45) is 4.37. The lowest BCUT2D eigenvalue weighted by atomic mass is 10.0. The molecule has 4 nitrogen and oxygen atoms in total. The van der Waals surface area contributed by atoms with E-state index >= 15 is 0 Å². The van der Waals surface area contributed by atoms with Crippen molar-refractivity contribution >= 4 is 17.2 Å². The number of amides is 1. The first-order valence-electron chi connectivity index (χ1n) is 6.02. The number of carbonyl (C=O) groups is 1. The minimum atomic E-state index is 0.0763. The van der Waals surface area contributed by atoms with Gasteiger partial charge in [-0.05, 0) is 30.4 Å². The Labute approximate surface area is 110 Å². The van der Waals surface area contributed by atoms with Crippen molar-refractivity contribution in [3.8, 4) is 0 Å². The van der Waals surface area contributed by atoms with E-state index in [0.29, 0.717) is 5.56 Å². The van der Waals surface area contributed by atoms with Crippen LogP contribution in [-0.4, -0.2) is 27.1 Å². The molecule has 94 valence electrons. The largest absolute Gasteiger partial charge is 0.331 e. The van der Waals surface area contributed by atoms with Crippen LogP contribution in [0.25, 0.3) is 0 Å². The van der Waals surface area contributed by atoms with E-state index in [-0.39, 0.29) is 11.9 Å². The molecule has 1 amide bonds. The molecule has 2 aromatic rings. The van der Waals surface area contributed by atoms with Gasteiger partial charge in [-0.15, -0.1) is 11.3 Å². The van der Waals surface area contributed by atoms with Crippen LogP contribution in [0.2, 0.25) is 0 Å². The zero-order valence-corrected chi connectivity index (χ0v) is 11.3. The van der Waals surface area contributed by atoms with Crippen LogP contribution in [0.1, 0.15) is 33.8 Å². The molecule has 18 heavy (non-hydrogen) atoms. The normalized spacial score (nSPS) is 18.8. The van der Waals surface area contributed by atoms with Gasteiger partial charge in [-0.1, -0.05) is 0 Å². The van der Waals surface area contributed by atoms with Crippen molar-refractivity contribution in [3.05, 3.63) is 39.8 Å². The fourth-order valence-electron chi connectivity index (χ4n) is 2.48. The lowest BCUT2D eigenvalue weighted by Gasteiger charge is -2.33. The summed E-state index contributed by atoms with van der Waals surface area (Å²) in [5, 5.41) is 6.17. The van der Waals surface area contributed by atoms with Crippen molar-refractivity contribution in [3.63, 3.8) is 0 Å². The highest BCUT2D eigenvalue weighted by Crippen LogP contribution is 2.33. The van der Waals surface area contributed by atoms with Crippen molar-refractivity contribution in [2.75, 3.05) is 6.54 Å². The molecule has 0 aliphatic carbocycles. The lowest BCUT2D eigenvalue weighted by Crippen LogP contribution is -2.38. The van der Waals surface area contributed by atoms with E-state index in [0.717, 1.165) is 13.0 Å². The lowest BCUT2D eigenvalue weighted by molar-refractivity contribution is 0.0679. The van der Waals surface area contributed by atoms with Crippen LogP contribution < -0.4 is 0 Å². The number of fused-ring (bicyclic) bond motifs is 1. The summed E-state index contributed by atoms with van der Waals surface area (Å²) in [4.78, 5) is 15.8. The van der Waals surface area contributed by atoms with Crippen LogP contribution in [0.5, 0.6) is 0 Å². The quantitative estimate of drug-likeness (QED) is 0.789. The first kappa shape index (κ1) is 11.5. The van der Waals surface area contributed by atoms with Crippen LogP contribution in [0, 0.1) is 0 Å². The van der Waals surface area contributed by atoms with E-state index in [1.165, 1.54) is 10.4 Å². The van der Waals surface area contributed by atoms with Gasteiger partial charge in [0.2, 0.25) is 0 Å². The topological polar surface area (TPSA) is 38.1 Å². The molecule has 3 rings (SSSR count). The maximum atomic E-state index is 12.4. The SMILES string of the molecule is CC1c2ccsc2CCN1C(=O)c1cnn(C)c1. The van der Waals surface area contributed by atoms with Gasteiger partial charge < -0.3 is 4.90 Å². The summed E-state index contributed by atoms with van der Waals surface area (Å²) in [6.45, 7) is 2.89. The number of aromatic nitrogens is 2.